The van der Waals surface area contributed by atoms with Crippen LogP contribution in [0.3, 0.4) is 0 Å². The van der Waals surface area contributed by atoms with Gasteiger partial charge >= 0.3 is 0 Å². The molecule has 1 unspecified atom stereocenters. The molecular weight excluding hydrogens is 435 g/mol. The topological polar surface area (TPSA) is 57.8 Å². The summed E-state index contributed by atoms with van der Waals surface area (Å²) >= 11 is 2.07. The summed E-state index contributed by atoms with van der Waals surface area (Å²) in [6.45, 7) is 7.28. The Balaban J connectivity index is 0.00000208. The highest BCUT2D eigenvalue weighted by atomic mass is 127. The zero-order valence-electron chi connectivity index (χ0n) is 14.3. The SMILES string of the molecule is CN=C(NCc1nnc2ccccn12)N1CCSC(C(C)C)C1.I. The zero-order chi connectivity index (χ0) is 16.2. The average Bonchev–Trinajstić information content (AvgIpc) is 2.99. The van der Waals surface area contributed by atoms with E-state index in [2.05, 4.69) is 51.0 Å². The van der Waals surface area contributed by atoms with E-state index in [-0.39, 0.29) is 24.0 Å². The Kier molecular flexibility index (Phi) is 7.15. The minimum absolute atomic E-state index is 0. The molecule has 6 nitrogen and oxygen atoms in total. The van der Waals surface area contributed by atoms with Crippen LogP contribution in [0.15, 0.2) is 29.4 Å². The highest BCUT2D eigenvalue weighted by Crippen LogP contribution is 2.24. The summed E-state index contributed by atoms with van der Waals surface area (Å²) in [5.41, 5.74) is 0.869. The predicted octanol–water partition coefficient (Wildman–Crippen LogP) is 2.50. The lowest BCUT2D eigenvalue weighted by Gasteiger charge is -2.36. The maximum absolute atomic E-state index is 4.45. The molecule has 1 aliphatic rings. The Morgan fingerprint density at radius 2 is 2.25 bits per heavy atom. The van der Waals surface area contributed by atoms with Gasteiger partial charge in [0.25, 0.3) is 0 Å². The van der Waals surface area contributed by atoms with Crippen molar-refractivity contribution in [2.24, 2.45) is 10.9 Å². The predicted molar refractivity (Wildman–Crippen MR) is 111 cm³/mol. The quantitative estimate of drug-likeness (QED) is 0.434. The third-order valence-electron chi connectivity index (χ3n) is 4.14. The number of guanidine groups is 1. The second-order valence-corrected chi connectivity index (χ2v) is 7.39. The van der Waals surface area contributed by atoms with Gasteiger partial charge in [-0.3, -0.25) is 9.39 Å². The molecule has 1 saturated heterocycles. The molecule has 1 aliphatic heterocycles. The maximum Gasteiger partial charge on any atom is 0.194 e. The lowest BCUT2D eigenvalue weighted by Crippen LogP contribution is -2.48. The summed E-state index contributed by atoms with van der Waals surface area (Å²) in [4.78, 5) is 6.80. The summed E-state index contributed by atoms with van der Waals surface area (Å²) in [7, 11) is 1.84. The fraction of sp³-hybridized carbons (Fsp3) is 0.562. The van der Waals surface area contributed by atoms with Crippen molar-refractivity contribution >= 4 is 47.3 Å². The molecular formula is C16H25IN6S. The van der Waals surface area contributed by atoms with Crippen molar-refractivity contribution in [3.05, 3.63) is 30.2 Å². The van der Waals surface area contributed by atoms with Crippen LogP contribution in [-0.4, -0.2) is 56.6 Å². The first-order valence-corrected chi connectivity index (χ1v) is 9.09. The lowest BCUT2D eigenvalue weighted by atomic mass is 10.1. The molecule has 0 aliphatic carbocycles. The number of aromatic nitrogens is 3. The Bertz CT molecular complexity index is 686. The van der Waals surface area contributed by atoms with Gasteiger partial charge in [0.05, 0.1) is 6.54 Å². The average molecular weight is 460 g/mol. The molecule has 0 bridgehead atoms. The summed E-state index contributed by atoms with van der Waals surface area (Å²) in [6.07, 6.45) is 1.99. The van der Waals surface area contributed by atoms with Crippen LogP contribution in [0.2, 0.25) is 0 Å². The van der Waals surface area contributed by atoms with E-state index in [0.717, 1.165) is 36.3 Å². The number of pyridine rings is 1. The van der Waals surface area contributed by atoms with Gasteiger partial charge in [0.15, 0.2) is 17.4 Å². The Morgan fingerprint density at radius 3 is 3.00 bits per heavy atom. The highest BCUT2D eigenvalue weighted by molar-refractivity contribution is 14.0. The van der Waals surface area contributed by atoms with Crippen LogP contribution in [0.1, 0.15) is 19.7 Å². The van der Waals surface area contributed by atoms with Gasteiger partial charge in [-0.15, -0.1) is 34.2 Å². The molecule has 2 aromatic rings. The van der Waals surface area contributed by atoms with E-state index in [9.17, 15) is 0 Å². The third-order valence-corrected chi connectivity index (χ3v) is 5.68. The number of rotatable bonds is 3. The van der Waals surface area contributed by atoms with Crippen LogP contribution < -0.4 is 5.32 Å². The minimum Gasteiger partial charge on any atom is -0.349 e. The van der Waals surface area contributed by atoms with Crippen LogP contribution in [0.25, 0.3) is 5.65 Å². The van der Waals surface area contributed by atoms with Crippen molar-refractivity contribution in [2.45, 2.75) is 25.6 Å². The fourth-order valence-corrected chi connectivity index (χ4v) is 4.07. The summed E-state index contributed by atoms with van der Waals surface area (Å²) < 4.78 is 2.00. The molecule has 0 aromatic carbocycles. The van der Waals surface area contributed by atoms with Gasteiger partial charge in [0.2, 0.25) is 0 Å². The fourth-order valence-electron chi connectivity index (χ4n) is 2.77. The van der Waals surface area contributed by atoms with E-state index in [4.69, 9.17) is 0 Å². The smallest absolute Gasteiger partial charge is 0.194 e. The summed E-state index contributed by atoms with van der Waals surface area (Å²) in [6, 6.07) is 5.92. The molecule has 1 fully saturated rings. The van der Waals surface area contributed by atoms with Gasteiger partial charge in [-0.1, -0.05) is 19.9 Å². The van der Waals surface area contributed by atoms with Gasteiger partial charge in [0, 0.05) is 37.3 Å². The van der Waals surface area contributed by atoms with E-state index in [1.165, 1.54) is 0 Å². The van der Waals surface area contributed by atoms with Gasteiger partial charge in [-0.05, 0) is 18.1 Å². The molecule has 2 aromatic heterocycles. The Labute approximate surface area is 164 Å². The molecule has 8 heteroatoms. The van der Waals surface area contributed by atoms with Gasteiger partial charge in [0.1, 0.15) is 0 Å². The number of fused-ring (bicyclic) bond motifs is 1. The van der Waals surface area contributed by atoms with Crippen LogP contribution in [0.4, 0.5) is 0 Å². The first-order chi connectivity index (χ1) is 11.2. The van der Waals surface area contributed by atoms with Crippen molar-refractivity contribution in [3.8, 4) is 0 Å². The van der Waals surface area contributed by atoms with E-state index >= 15 is 0 Å². The van der Waals surface area contributed by atoms with Crippen molar-refractivity contribution in [3.63, 3.8) is 0 Å². The van der Waals surface area contributed by atoms with Crippen LogP contribution in [0.5, 0.6) is 0 Å². The Morgan fingerprint density at radius 1 is 1.42 bits per heavy atom. The van der Waals surface area contributed by atoms with E-state index < -0.39 is 0 Å². The standard InChI is InChI=1S/C16H24N6S.HI/c1-12(2)13-11-21(8-9-23-13)16(17-3)18-10-15-20-19-14-6-4-5-7-22(14)15;/h4-7,12-13H,8-11H2,1-3H3,(H,17,18);1H. The molecule has 3 heterocycles. The first-order valence-electron chi connectivity index (χ1n) is 8.05. The second kappa shape index (κ2) is 8.89. The molecule has 1 N–H and O–H groups in total. The molecule has 24 heavy (non-hydrogen) atoms. The maximum atomic E-state index is 4.45. The molecule has 132 valence electrons. The number of nitrogens with one attached hydrogen (secondary N) is 1. The van der Waals surface area contributed by atoms with E-state index in [1.54, 1.807) is 0 Å². The monoisotopic (exact) mass is 460 g/mol. The Hall–Kier alpha value is -1.03. The number of halogens is 1. The van der Waals surface area contributed by atoms with Crippen molar-refractivity contribution in [2.75, 3.05) is 25.9 Å². The molecule has 1 atom stereocenters. The summed E-state index contributed by atoms with van der Waals surface area (Å²) in [5.74, 6) is 3.68. The van der Waals surface area contributed by atoms with Crippen LogP contribution >= 0.6 is 35.7 Å². The second-order valence-electron chi connectivity index (χ2n) is 6.05. The number of thioether (sulfide) groups is 1. The molecule has 3 rings (SSSR count). The van der Waals surface area contributed by atoms with Crippen LogP contribution in [0, 0.1) is 5.92 Å². The molecule has 0 saturated carbocycles. The molecule has 0 radical (unpaired) electrons. The first kappa shape index (κ1) is 19.3. The van der Waals surface area contributed by atoms with Gasteiger partial charge in [-0.25, -0.2) is 0 Å². The normalized spacial score (nSPS) is 18.8. The number of hydrogen-bond donors (Lipinski definition) is 1. The largest absolute Gasteiger partial charge is 0.349 e. The van der Waals surface area contributed by atoms with Crippen molar-refractivity contribution in [1.29, 1.82) is 0 Å². The number of nitrogens with zero attached hydrogens (tertiary/aromatic N) is 5. The van der Waals surface area contributed by atoms with Crippen molar-refractivity contribution in [1.82, 2.24) is 24.8 Å². The minimum atomic E-state index is 0. The third kappa shape index (κ3) is 4.33. The summed E-state index contributed by atoms with van der Waals surface area (Å²) in [5, 5.41) is 12.5. The van der Waals surface area contributed by atoms with Crippen molar-refractivity contribution < 1.29 is 0 Å². The molecule has 0 spiro atoms. The number of hydrogen-bond acceptors (Lipinski definition) is 4. The van der Waals surface area contributed by atoms with Gasteiger partial charge in [-0.2, -0.15) is 11.8 Å². The van der Waals surface area contributed by atoms with Gasteiger partial charge < -0.3 is 10.2 Å². The highest BCUT2D eigenvalue weighted by Gasteiger charge is 2.24. The lowest BCUT2D eigenvalue weighted by molar-refractivity contribution is 0.380. The van der Waals surface area contributed by atoms with Crippen LogP contribution in [-0.2, 0) is 6.54 Å². The number of aliphatic imine (C=N–C) groups is 1. The zero-order valence-corrected chi connectivity index (χ0v) is 17.5. The van der Waals surface area contributed by atoms with E-state index in [1.807, 2.05) is 35.8 Å². The molecule has 0 amide bonds. The van der Waals surface area contributed by atoms with E-state index in [0.29, 0.717) is 17.7 Å².